The number of carboxylic acids is 1. The van der Waals surface area contributed by atoms with Crippen LogP contribution >= 0.6 is 0 Å². The molecule has 20 heavy (non-hydrogen) atoms. The molecule has 0 aliphatic carbocycles. The molecule has 0 bridgehead atoms. The number of ether oxygens (including phenoxy) is 1. The molecule has 1 aromatic rings. The maximum atomic E-state index is 11.6. The average Bonchev–Trinajstić information content (AvgIpc) is 2.68. The van der Waals surface area contributed by atoms with Crippen LogP contribution in [0.2, 0.25) is 0 Å². The summed E-state index contributed by atoms with van der Waals surface area (Å²) in [5, 5.41) is 15.7. The lowest BCUT2D eigenvalue weighted by Crippen LogP contribution is -2.31. The molecule has 0 aliphatic rings. The Labute approximate surface area is 117 Å². The third-order valence-corrected chi connectivity index (χ3v) is 2.89. The number of hydrogen-bond acceptors (Lipinski definition) is 4. The fourth-order valence-electron chi connectivity index (χ4n) is 1.66. The smallest absolute Gasteiger partial charge is 0.407 e. The van der Waals surface area contributed by atoms with Crippen molar-refractivity contribution in [3.8, 4) is 0 Å². The summed E-state index contributed by atoms with van der Waals surface area (Å²) in [6.45, 7) is 4.17. The Hall–Kier alpha value is -2.05. The fraction of sp³-hybridized carbons (Fsp3) is 0.615. The molecule has 1 heterocycles. The first kappa shape index (κ1) is 16.0. The standard InChI is InChI=1S/C13H21N3O4/c1-4-5-6-20-13(19)14-10(8-12(17)18)11-7-9(2)16(3)15-11/h7,10H,4-6,8H2,1-3H3,(H,14,19)(H,17,18). The van der Waals surface area contributed by atoms with Crippen LogP contribution in [0.15, 0.2) is 6.07 Å². The number of carboxylic acid groups (broad SMARTS) is 1. The normalized spacial score (nSPS) is 11.9. The molecule has 0 radical (unpaired) electrons. The summed E-state index contributed by atoms with van der Waals surface area (Å²) < 4.78 is 6.61. The monoisotopic (exact) mass is 283 g/mol. The zero-order valence-electron chi connectivity index (χ0n) is 12.0. The second-order valence-corrected chi connectivity index (χ2v) is 4.62. The van der Waals surface area contributed by atoms with Gasteiger partial charge in [0.05, 0.1) is 24.8 Å². The average molecular weight is 283 g/mol. The number of hydrogen-bond donors (Lipinski definition) is 2. The van der Waals surface area contributed by atoms with E-state index in [2.05, 4.69) is 10.4 Å². The van der Waals surface area contributed by atoms with Gasteiger partial charge < -0.3 is 15.2 Å². The van der Waals surface area contributed by atoms with Gasteiger partial charge in [0.15, 0.2) is 0 Å². The third-order valence-electron chi connectivity index (χ3n) is 2.89. The van der Waals surface area contributed by atoms with Crippen molar-refractivity contribution in [1.82, 2.24) is 15.1 Å². The van der Waals surface area contributed by atoms with Crippen LogP contribution < -0.4 is 5.32 Å². The number of carbonyl (C=O) groups is 2. The first-order valence-electron chi connectivity index (χ1n) is 6.59. The number of aliphatic carboxylic acids is 1. The minimum atomic E-state index is -1.01. The van der Waals surface area contributed by atoms with Crippen molar-refractivity contribution in [2.24, 2.45) is 7.05 Å². The van der Waals surface area contributed by atoms with Crippen LogP contribution in [0.5, 0.6) is 0 Å². The van der Waals surface area contributed by atoms with Gasteiger partial charge in [-0.15, -0.1) is 0 Å². The van der Waals surface area contributed by atoms with Gasteiger partial charge in [-0.2, -0.15) is 5.10 Å². The van der Waals surface area contributed by atoms with E-state index in [9.17, 15) is 9.59 Å². The minimum absolute atomic E-state index is 0.237. The van der Waals surface area contributed by atoms with Gasteiger partial charge in [-0.1, -0.05) is 13.3 Å². The lowest BCUT2D eigenvalue weighted by Gasteiger charge is -2.14. The number of unbranched alkanes of at least 4 members (excludes halogenated alkanes) is 1. The number of nitrogens with zero attached hydrogens (tertiary/aromatic N) is 2. The van der Waals surface area contributed by atoms with E-state index < -0.39 is 18.1 Å². The maximum Gasteiger partial charge on any atom is 0.407 e. The Morgan fingerprint density at radius 3 is 2.75 bits per heavy atom. The number of alkyl carbamates (subject to hydrolysis) is 1. The molecule has 0 aliphatic heterocycles. The van der Waals surface area contributed by atoms with Crippen molar-refractivity contribution in [2.45, 2.75) is 39.2 Å². The van der Waals surface area contributed by atoms with Crippen LogP contribution in [-0.2, 0) is 16.6 Å². The molecule has 1 rings (SSSR count). The van der Waals surface area contributed by atoms with Crippen LogP contribution in [0.1, 0.15) is 43.6 Å². The topological polar surface area (TPSA) is 93.5 Å². The fourth-order valence-corrected chi connectivity index (χ4v) is 1.66. The molecule has 1 atom stereocenters. The molecule has 7 nitrogen and oxygen atoms in total. The number of aromatic nitrogens is 2. The van der Waals surface area contributed by atoms with E-state index in [0.717, 1.165) is 18.5 Å². The summed E-state index contributed by atoms with van der Waals surface area (Å²) in [5.74, 6) is -1.01. The van der Waals surface area contributed by atoms with Crippen molar-refractivity contribution in [3.63, 3.8) is 0 Å². The van der Waals surface area contributed by atoms with Crippen LogP contribution in [0.25, 0.3) is 0 Å². The highest BCUT2D eigenvalue weighted by atomic mass is 16.5. The summed E-state index contributed by atoms with van der Waals surface area (Å²) in [6.07, 6.45) is 0.845. The maximum absolute atomic E-state index is 11.6. The molecular formula is C13H21N3O4. The van der Waals surface area contributed by atoms with Gasteiger partial charge in [0, 0.05) is 12.7 Å². The molecule has 0 fully saturated rings. The lowest BCUT2D eigenvalue weighted by molar-refractivity contribution is -0.137. The highest BCUT2D eigenvalue weighted by Gasteiger charge is 2.21. The number of carbonyl (C=O) groups excluding carboxylic acids is 1. The Balaban J connectivity index is 2.69. The molecule has 112 valence electrons. The van der Waals surface area contributed by atoms with Crippen LogP contribution in [0.4, 0.5) is 4.79 Å². The SMILES string of the molecule is CCCCOC(=O)NC(CC(=O)O)c1cc(C)n(C)n1. The molecule has 0 saturated carbocycles. The Bertz CT molecular complexity index is 451. The Morgan fingerprint density at radius 2 is 2.25 bits per heavy atom. The molecule has 0 aromatic carbocycles. The van der Waals surface area contributed by atoms with Crippen LogP contribution in [0.3, 0.4) is 0 Å². The van der Waals surface area contributed by atoms with Gasteiger partial charge in [0.1, 0.15) is 0 Å². The van der Waals surface area contributed by atoms with Crippen molar-refractivity contribution < 1.29 is 19.4 Å². The highest BCUT2D eigenvalue weighted by Crippen LogP contribution is 2.16. The summed E-state index contributed by atoms with van der Waals surface area (Å²) >= 11 is 0. The highest BCUT2D eigenvalue weighted by molar-refractivity contribution is 5.71. The van der Waals surface area contributed by atoms with E-state index in [0.29, 0.717) is 12.3 Å². The number of aryl methyl sites for hydroxylation is 2. The van der Waals surface area contributed by atoms with E-state index in [1.165, 1.54) is 0 Å². The first-order chi connectivity index (χ1) is 9.43. The predicted octanol–water partition coefficient (Wildman–Crippen LogP) is 1.77. The van der Waals surface area contributed by atoms with E-state index in [4.69, 9.17) is 9.84 Å². The van der Waals surface area contributed by atoms with Gasteiger partial charge in [0.25, 0.3) is 0 Å². The van der Waals surface area contributed by atoms with Crippen LogP contribution in [0, 0.1) is 6.92 Å². The lowest BCUT2D eigenvalue weighted by atomic mass is 10.1. The Morgan fingerprint density at radius 1 is 1.55 bits per heavy atom. The van der Waals surface area contributed by atoms with Gasteiger partial charge in [-0.05, 0) is 19.4 Å². The van der Waals surface area contributed by atoms with Gasteiger partial charge in [0.2, 0.25) is 0 Å². The van der Waals surface area contributed by atoms with Crippen molar-refractivity contribution in [2.75, 3.05) is 6.61 Å². The third kappa shape index (κ3) is 4.91. The Kier molecular flexibility index (Phi) is 6.02. The summed E-state index contributed by atoms with van der Waals surface area (Å²) in [7, 11) is 1.76. The van der Waals surface area contributed by atoms with Crippen LogP contribution in [-0.4, -0.2) is 33.6 Å². The second-order valence-electron chi connectivity index (χ2n) is 4.62. The quantitative estimate of drug-likeness (QED) is 0.744. The van der Waals surface area contributed by atoms with Gasteiger partial charge in [-0.25, -0.2) is 4.79 Å². The number of amides is 1. The van der Waals surface area contributed by atoms with Gasteiger partial charge in [-0.3, -0.25) is 9.48 Å². The van der Waals surface area contributed by atoms with E-state index in [-0.39, 0.29) is 6.42 Å². The molecule has 7 heteroatoms. The molecule has 1 amide bonds. The van der Waals surface area contributed by atoms with Crippen molar-refractivity contribution in [3.05, 3.63) is 17.5 Å². The minimum Gasteiger partial charge on any atom is -0.481 e. The summed E-state index contributed by atoms with van der Waals surface area (Å²) in [6, 6.07) is 1.06. The van der Waals surface area contributed by atoms with Crippen molar-refractivity contribution in [1.29, 1.82) is 0 Å². The number of rotatable bonds is 7. The zero-order valence-corrected chi connectivity index (χ0v) is 12.0. The van der Waals surface area contributed by atoms with E-state index >= 15 is 0 Å². The molecule has 0 spiro atoms. The molecular weight excluding hydrogens is 262 g/mol. The van der Waals surface area contributed by atoms with E-state index in [1.807, 2.05) is 13.8 Å². The zero-order chi connectivity index (χ0) is 15.1. The summed E-state index contributed by atoms with van der Waals surface area (Å²) in [4.78, 5) is 22.5. The number of nitrogens with one attached hydrogen (secondary N) is 1. The summed E-state index contributed by atoms with van der Waals surface area (Å²) in [5.41, 5.74) is 1.40. The molecule has 2 N–H and O–H groups in total. The predicted molar refractivity (Wildman–Crippen MR) is 72.3 cm³/mol. The second kappa shape index (κ2) is 7.52. The van der Waals surface area contributed by atoms with Crippen molar-refractivity contribution >= 4 is 12.1 Å². The molecule has 1 unspecified atom stereocenters. The first-order valence-corrected chi connectivity index (χ1v) is 6.59. The van der Waals surface area contributed by atoms with Gasteiger partial charge >= 0.3 is 12.1 Å². The largest absolute Gasteiger partial charge is 0.481 e. The van der Waals surface area contributed by atoms with E-state index in [1.54, 1.807) is 17.8 Å². The molecule has 0 saturated heterocycles. The molecule has 1 aromatic heterocycles.